The van der Waals surface area contributed by atoms with Gasteiger partial charge >= 0.3 is 0 Å². The molecule has 0 aliphatic carbocycles. The van der Waals surface area contributed by atoms with Crippen LogP contribution in [0.15, 0.2) is 30.3 Å². The van der Waals surface area contributed by atoms with E-state index in [1.165, 1.54) is 18.6 Å². The Kier molecular flexibility index (Phi) is 7.06. The lowest BCUT2D eigenvalue weighted by Crippen LogP contribution is -2.50. The Hall–Kier alpha value is -2.21. The van der Waals surface area contributed by atoms with Crippen LogP contribution in [-0.2, 0) is 11.2 Å². The average Bonchev–Trinajstić information content (AvgIpc) is 3.15. The summed E-state index contributed by atoms with van der Waals surface area (Å²) in [5, 5.41) is 7.40. The Bertz CT molecular complexity index is 793. The number of piperidine rings is 1. The van der Waals surface area contributed by atoms with Crippen molar-refractivity contribution in [3.8, 4) is 11.3 Å². The molecule has 2 aromatic rings. The number of likely N-dealkylation sites (N-methyl/N-ethyl adjacent to an activating group) is 1. The molecular formula is C23H33FN4O. The van der Waals surface area contributed by atoms with Gasteiger partial charge in [0.15, 0.2) is 0 Å². The molecule has 3 rings (SSSR count). The van der Waals surface area contributed by atoms with Crippen molar-refractivity contribution in [1.82, 2.24) is 20.0 Å². The van der Waals surface area contributed by atoms with Gasteiger partial charge in [-0.3, -0.25) is 14.8 Å². The number of amides is 1. The predicted molar refractivity (Wildman–Crippen MR) is 114 cm³/mol. The first-order valence-electron chi connectivity index (χ1n) is 10.6. The van der Waals surface area contributed by atoms with E-state index in [1.54, 1.807) is 12.1 Å². The van der Waals surface area contributed by atoms with Crippen molar-refractivity contribution in [3.05, 3.63) is 41.8 Å². The molecule has 1 amide bonds. The number of rotatable bonds is 7. The summed E-state index contributed by atoms with van der Waals surface area (Å²) in [6.07, 6.45) is 3.00. The maximum absolute atomic E-state index is 13.1. The molecule has 0 bridgehead atoms. The van der Waals surface area contributed by atoms with Crippen molar-refractivity contribution in [2.75, 3.05) is 26.7 Å². The Morgan fingerprint density at radius 1 is 1.28 bits per heavy atom. The smallest absolute Gasteiger partial charge is 0.239 e. The van der Waals surface area contributed by atoms with Crippen molar-refractivity contribution in [2.45, 2.75) is 46.1 Å². The monoisotopic (exact) mass is 400 g/mol. The number of hydrogen-bond acceptors (Lipinski definition) is 3. The highest BCUT2D eigenvalue weighted by atomic mass is 19.1. The van der Waals surface area contributed by atoms with Crippen LogP contribution in [0, 0.1) is 17.7 Å². The van der Waals surface area contributed by atoms with E-state index < -0.39 is 0 Å². The van der Waals surface area contributed by atoms with Gasteiger partial charge in [-0.05, 0) is 81.9 Å². The molecule has 158 valence electrons. The number of likely N-dealkylation sites (tertiary alicyclic amines) is 1. The summed E-state index contributed by atoms with van der Waals surface area (Å²) >= 11 is 0. The molecule has 6 heteroatoms. The van der Waals surface area contributed by atoms with E-state index in [0.717, 1.165) is 49.4 Å². The van der Waals surface area contributed by atoms with Crippen LogP contribution in [0.3, 0.4) is 0 Å². The summed E-state index contributed by atoms with van der Waals surface area (Å²) in [5.74, 6) is 1.16. The van der Waals surface area contributed by atoms with Gasteiger partial charge in [0.05, 0.1) is 11.7 Å². The van der Waals surface area contributed by atoms with Crippen molar-refractivity contribution < 1.29 is 9.18 Å². The van der Waals surface area contributed by atoms with Gasteiger partial charge < -0.3 is 4.90 Å². The first-order chi connectivity index (χ1) is 13.8. The quantitative estimate of drug-likeness (QED) is 0.765. The molecule has 2 heterocycles. The first kappa shape index (κ1) is 21.5. The van der Waals surface area contributed by atoms with E-state index in [4.69, 9.17) is 0 Å². The number of aryl methyl sites for hydroxylation is 1. The highest BCUT2D eigenvalue weighted by Crippen LogP contribution is 2.22. The fraction of sp³-hybridized carbons (Fsp3) is 0.565. The van der Waals surface area contributed by atoms with Crippen LogP contribution >= 0.6 is 0 Å². The largest absolute Gasteiger partial charge is 0.341 e. The number of aromatic nitrogens is 2. The normalized spacial score (nSPS) is 20.8. The average molecular weight is 401 g/mol. The molecule has 1 aromatic heterocycles. The number of halogens is 1. The summed E-state index contributed by atoms with van der Waals surface area (Å²) in [7, 11) is 2.02. The van der Waals surface area contributed by atoms with Gasteiger partial charge in [-0.2, -0.15) is 5.10 Å². The lowest BCUT2D eigenvalue weighted by Gasteiger charge is -2.38. The number of nitrogens with zero attached hydrogens (tertiary/aromatic N) is 3. The van der Waals surface area contributed by atoms with Crippen LogP contribution in [0.25, 0.3) is 11.3 Å². The van der Waals surface area contributed by atoms with Crippen LogP contribution in [0.2, 0.25) is 0 Å². The molecule has 1 saturated heterocycles. The lowest BCUT2D eigenvalue weighted by atomic mass is 9.91. The standard InChI is InChI=1S/C23H33FN4O/c1-16-12-17(2)15-28(14-16)23(29)18(3)27(4)11-5-6-21-13-22(26-25-21)19-7-9-20(24)10-8-19/h7-10,13,16-18H,5-6,11-12,14-15H2,1-4H3,(H,25,26). The molecule has 1 N–H and O–H groups in total. The van der Waals surface area contributed by atoms with Gasteiger partial charge in [-0.25, -0.2) is 4.39 Å². The fourth-order valence-corrected chi connectivity index (χ4v) is 4.27. The number of carbonyl (C=O) groups is 1. The van der Waals surface area contributed by atoms with Crippen molar-refractivity contribution >= 4 is 5.91 Å². The number of hydrogen-bond donors (Lipinski definition) is 1. The SMILES string of the molecule is CC1CC(C)CN(C(=O)C(C)N(C)CCCc2cc(-c3ccc(F)cc3)n[nH]2)C1. The highest BCUT2D eigenvalue weighted by molar-refractivity contribution is 5.81. The highest BCUT2D eigenvalue weighted by Gasteiger charge is 2.29. The fourth-order valence-electron chi connectivity index (χ4n) is 4.27. The Morgan fingerprint density at radius 3 is 2.59 bits per heavy atom. The van der Waals surface area contributed by atoms with Gasteiger partial charge in [0, 0.05) is 24.3 Å². The Labute approximate surface area is 173 Å². The Morgan fingerprint density at radius 2 is 1.93 bits per heavy atom. The van der Waals surface area contributed by atoms with Crippen LogP contribution in [0.5, 0.6) is 0 Å². The molecule has 29 heavy (non-hydrogen) atoms. The summed E-state index contributed by atoms with van der Waals surface area (Å²) in [4.78, 5) is 17.1. The van der Waals surface area contributed by atoms with E-state index in [2.05, 4.69) is 28.9 Å². The van der Waals surface area contributed by atoms with Crippen molar-refractivity contribution in [3.63, 3.8) is 0 Å². The van der Waals surface area contributed by atoms with Crippen molar-refractivity contribution in [1.29, 1.82) is 0 Å². The molecule has 1 fully saturated rings. The molecule has 0 radical (unpaired) electrons. The second-order valence-electron chi connectivity index (χ2n) is 8.73. The molecule has 1 aliphatic heterocycles. The number of nitrogens with one attached hydrogen (secondary N) is 1. The summed E-state index contributed by atoms with van der Waals surface area (Å²) in [6.45, 7) is 9.07. The van der Waals surface area contributed by atoms with Crippen LogP contribution in [0.4, 0.5) is 4.39 Å². The number of H-pyrrole nitrogens is 1. The minimum Gasteiger partial charge on any atom is -0.341 e. The number of benzene rings is 1. The molecule has 5 nitrogen and oxygen atoms in total. The van der Waals surface area contributed by atoms with Gasteiger partial charge in [0.2, 0.25) is 5.91 Å². The van der Waals surface area contributed by atoms with Gasteiger partial charge in [-0.15, -0.1) is 0 Å². The minimum absolute atomic E-state index is 0.107. The van der Waals surface area contributed by atoms with E-state index in [9.17, 15) is 9.18 Å². The third-order valence-electron chi connectivity index (χ3n) is 5.93. The summed E-state index contributed by atoms with van der Waals surface area (Å²) < 4.78 is 13.1. The molecule has 0 saturated carbocycles. The topological polar surface area (TPSA) is 52.2 Å². The van der Waals surface area contributed by atoms with E-state index >= 15 is 0 Å². The van der Waals surface area contributed by atoms with Crippen LogP contribution in [-0.4, -0.2) is 58.6 Å². The maximum atomic E-state index is 13.1. The predicted octanol–water partition coefficient (Wildman–Crippen LogP) is 3.97. The van der Waals surface area contributed by atoms with Gasteiger partial charge in [-0.1, -0.05) is 13.8 Å². The zero-order valence-corrected chi connectivity index (χ0v) is 18.0. The zero-order valence-electron chi connectivity index (χ0n) is 18.0. The van der Waals surface area contributed by atoms with E-state index in [-0.39, 0.29) is 17.8 Å². The minimum atomic E-state index is -0.246. The van der Waals surface area contributed by atoms with Gasteiger partial charge in [0.25, 0.3) is 0 Å². The maximum Gasteiger partial charge on any atom is 0.239 e. The van der Waals surface area contributed by atoms with Crippen LogP contribution in [0.1, 0.15) is 39.3 Å². The van der Waals surface area contributed by atoms with Gasteiger partial charge in [0.1, 0.15) is 5.82 Å². The lowest BCUT2D eigenvalue weighted by molar-refractivity contribution is -0.138. The molecular weight excluding hydrogens is 367 g/mol. The molecule has 3 atom stereocenters. The molecule has 1 aromatic carbocycles. The molecule has 0 spiro atoms. The number of aromatic amines is 1. The Balaban J connectivity index is 1.47. The molecule has 3 unspecified atom stereocenters. The van der Waals surface area contributed by atoms with E-state index in [0.29, 0.717) is 11.8 Å². The molecule has 1 aliphatic rings. The summed E-state index contributed by atoms with van der Waals surface area (Å²) in [5.41, 5.74) is 2.77. The second-order valence-corrected chi connectivity index (χ2v) is 8.73. The summed E-state index contributed by atoms with van der Waals surface area (Å²) in [6, 6.07) is 8.27. The third-order valence-corrected chi connectivity index (χ3v) is 5.93. The van der Waals surface area contributed by atoms with Crippen LogP contribution < -0.4 is 0 Å². The number of carbonyl (C=O) groups excluding carboxylic acids is 1. The third kappa shape index (κ3) is 5.66. The second kappa shape index (κ2) is 9.53. The first-order valence-corrected chi connectivity index (χ1v) is 10.6. The zero-order chi connectivity index (χ0) is 21.0. The van der Waals surface area contributed by atoms with Crippen molar-refractivity contribution in [2.24, 2.45) is 11.8 Å². The van der Waals surface area contributed by atoms with E-state index in [1.807, 2.05) is 24.9 Å².